The maximum atomic E-state index is 11.8. The minimum Gasteiger partial charge on any atom is -0.491 e. The molecule has 0 aliphatic rings. The van der Waals surface area contributed by atoms with Crippen molar-refractivity contribution in [1.82, 2.24) is 0 Å². The first-order valence-corrected chi connectivity index (χ1v) is 6.29. The number of carbonyl (C=O) groups excluding carboxylic acids is 1. The molecule has 0 heterocycles. The number of alkyl halides is 3. The minimum absolute atomic E-state index is 0.117. The van der Waals surface area contributed by atoms with Crippen molar-refractivity contribution in [3.8, 4) is 5.75 Å². The van der Waals surface area contributed by atoms with E-state index < -0.39 is 5.51 Å². The molecule has 2 nitrogen and oxygen atoms in total. The van der Waals surface area contributed by atoms with Crippen LogP contribution in [-0.4, -0.2) is 24.2 Å². The standard InChI is InChI=1S/C10H8BrF3O2S/c11-8-3-1-2-7(6-15)9(8)16-4-5-17-10(12,13)14/h1-3,6H,4-5H2. The Morgan fingerprint density at radius 3 is 2.71 bits per heavy atom. The van der Waals surface area contributed by atoms with Crippen LogP contribution in [0.15, 0.2) is 22.7 Å². The van der Waals surface area contributed by atoms with Gasteiger partial charge in [0.2, 0.25) is 0 Å². The van der Waals surface area contributed by atoms with E-state index in [4.69, 9.17) is 4.74 Å². The number of hydrogen-bond donors (Lipinski definition) is 0. The molecule has 1 aromatic rings. The number of thioether (sulfide) groups is 1. The van der Waals surface area contributed by atoms with E-state index in [2.05, 4.69) is 15.9 Å². The monoisotopic (exact) mass is 328 g/mol. The first-order valence-electron chi connectivity index (χ1n) is 4.51. The maximum absolute atomic E-state index is 11.8. The lowest BCUT2D eigenvalue weighted by molar-refractivity contribution is -0.0329. The number of hydrogen-bond acceptors (Lipinski definition) is 3. The fourth-order valence-electron chi connectivity index (χ4n) is 1.07. The van der Waals surface area contributed by atoms with Crippen LogP contribution in [0.1, 0.15) is 10.4 Å². The van der Waals surface area contributed by atoms with Gasteiger partial charge in [-0.2, -0.15) is 13.2 Å². The average Bonchev–Trinajstić information content (AvgIpc) is 2.24. The van der Waals surface area contributed by atoms with Crippen molar-refractivity contribution in [2.75, 3.05) is 12.4 Å². The summed E-state index contributed by atoms with van der Waals surface area (Å²) in [6.07, 6.45) is 0.594. The largest absolute Gasteiger partial charge is 0.491 e. The Balaban J connectivity index is 2.54. The van der Waals surface area contributed by atoms with Crippen molar-refractivity contribution < 1.29 is 22.7 Å². The second kappa shape index (κ2) is 6.30. The molecule has 0 aromatic heterocycles. The number of ether oxygens (including phenoxy) is 1. The van der Waals surface area contributed by atoms with Gasteiger partial charge >= 0.3 is 5.51 Å². The summed E-state index contributed by atoms with van der Waals surface area (Å²) < 4.78 is 41.2. The second-order valence-electron chi connectivity index (χ2n) is 2.92. The molecule has 94 valence electrons. The van der Waals surface area contributed by atoms with Gasteiger partial charge in [-0.05, 0) is 39.8 Å². The molecule has 0 bridgehead atoms. The quantitative estimate of drug-likeness (QED) is 0.605. The third kappa shape index (κ3) is 4.99. The van der Waals surface area contributed by atoms with Crippen LogP contribution >= 0.6 is 27.7 Å². The molecule has 0 unspecified atom stereocenters. The normalized spacial score (nSPS) is 11.3. The molecule has 0 amide bonds. The highest BCUT2D eigenvalue weighted by molar-refractivity contribution is 9.10. The van der Waals surface area contributed by atoms with E-state index >= 15 is 0 Å². The molecule has 0 saturated heterocycles. The van der Waals surface area contributed by atoms with Gasteiger partial charge in [0.25, 0.3) is 0 Å². The predicted molar refractivity (Wildman–Crippen MR) is 63.5 cm³/mol. The Morgan fingerprint density at radius 1 is 1.41 bits per heavy atom. The molecule has 0 radical (unpaired) electrons. The van der Waals surface area contributed by atoms with Crippen molar-refractivity contribution in [2.45, 2.75) is 5.51 Å². The number of halogens is 4. The van der Waals surface area contributed by atoms with Gasteiger partial charge in [-0.15, -0.1) is 0 Å². The molecular weight excluding hydrogens is 321 g/mol. The zero-order valence-electron chi connectivity index (χ0n) is 8.46. The third-order valence-electron chi connectivity index (χ3n) is 1.72. The van der Waals surface area contributed by atoms with Gasteiger partial charge in [-0.1, -0.05) is 6.07 Å². The van der Waals surface area contributed by atoms with E-state index in [9.17, 15) is 18.0 Å². The van der Waals surface area contributed by atoms with Crippen LogP contribution in [0.5, 0.6) is 5.75 Å². The zero-order valence-corrected chi connectivity index (χ0v) is 10.9. The number of benzene rings is 1. The highest BCUT2D eigenvalue weighted by atomic mass is 79.9. The maximum Gasteiger partial charge on any atom is 0.441 e. The molecule has 1 rings (SSSR count). The molecule has 0 aliphatic heterocycles. The van der Waals surface area contributed by atoms with Crippen LogP contribution < -0.4 is 4.74 Å². The first-order chi connectivity index (χ1) is 7.94. The topological polar surface area (TPSA) is 26.3 Å². The van der Waals surface area contributed by atoms with Gasteiger partial charge in [-0.3, -0.25) is 4.79 Å². The lowest BCUT2D eigenvalue weighted by atomic mass is 10.2. The molecule has 0 saturated carbocycles. The minimum atomic E-state index is -4.26. The van der Waals surface area contributed by atoms with Crippen molar-refractivity contribution in [3.63, 3.8) is 0 Å². The Kier molecular flexibility index (Phi) is 5.32. The highest BCUT2D eigenvalue weighted by Gasteiger charge is 2.27. The molecule has 7 heteroatoms. The summed E-state index contributed by atoms with van der Waals surface area (Å²) in [5, 5.41) is 0. The Hall–Kier alpha value is -0.690. The third-order valence-corrected chi connectivity index (χ3v) is 3.04. The molecular formula is C10H8BrF3O2S. The molecule has 0 fully saturated rings. The van der Waals surface area contributed by atoms with Gasteiger partial charge < -0.3 is 4.74 Å². The molecule has 0 spiro atoms. The van der Waals surface area contributed by atoms with Crippen LogP contribution in [0.25, 0.3) is 0 Å². The number of carbonyl (C=O) groups is 1. The fourth-order valence-corrected chi connectivity index (χ4v) is 1.97. The number of rotatable bonds is 5. The second-order valence-corrected chi connectivity index (χ2v) is 4.93. The van der Waals surface area contributed by atoms with Crippen molar-refractivity contribution in [3.05, 3.63) is 28.2 Å². The van der Waals surface area contributed by atoms with Crippen LogP contribution in [0, 0.1) is 0 Å². The fraction of sp³-hybridized carbons (Fsp3) is 0.300. The van der Waals surface area contributed by atoms with Gasteiger partial charge in [0.05, 0.1) is 16.6 Å². The van der Waals surface area contributed by atoms with Crippen LogP contribution in [0.3, 0.4) is 0 Å². The SMILES string of the molecule is O=Cc1cccc(Br)c1OCCSC(F)(F)F. The Labute approximate surface area is 109 Å². The zero-order chi connectivity index (χ0) is 12.9. The van der Waals surface area contributed by atoms with Crippen LogP contribution in [0.4, 0.5) is 13.2 Å². The smallest absolute Gasteiger partial charge is 0.441 e. The molecule has 17 heavy (non-hydrogen) atoms. The van der Waals surface area contributed by atoms with E-state index in [0.717, 1.165) is 0 Å². The van der Waals surface area contributed by atoms with E-state index in [1.807, 2.05) is 0 Å². The Bertz CT molecular complexity index is 396. The van der Waals surface area contributed by atoms with Crippen molar-refractivity contribution in [2.24, 2.45) is 0 Å². The predicted octanol–water partition coefficient (Wildman–Crippen LogP) is 3.89. The summed E-state index contributed by atoms with van der Waals surface area (Å²) in [6.45, 7) is -0.117. The lowest BCUT2D eigenvalue weighted by Crippen LogP contribution is -2.08. The van der Waals surface area contributed by atoms with E-state index in [1.54, 1.807) is 12.1 Å². The van der Waals surface area contributed by atoms with Crippen molar-refractivity contribution in [1.29, 1.82) is 0 Å². The van der Waals surface area contributed by atoms with Gasteiger partial charge in [0.1, 0.15) is 5.75 Å². The van der Waals surface area contributed by atoms with E-state index in [1.165, 1.54) is 6.07 Å². The number of para-hydroxylation sites is 1. The van der Waals surface area contributed by atoms with Crippen molar-refractivity contribution >= 4 is 34.0 Å². The molecule has 0 atom stereocenters. The highest BCUT2D eigenvalue weighted by Crippen LogP contribution is 2.31. The molecule has 1 aromatic carbocycles. The summed E-state index contributed by atoms with van der Waals surface area (Å²) in [5.74, 6) is 0.0497. The summed E-state index contributed by atoms with van der Waals surface area (Å²) >= 11 is 3.01. The summed E-state index contributed by atoms with van der Waals surface area (Å²) in [4.78, 5) is 10.7. The van der Waals surface area contributed by atoms with Gasteiger partial charge in [0, 0.05) is 5.75 Å². The Morgan fingerprint density at radius 2 is 2.12 bits per heavy atom. The summed E-state index contributed by atoms with van der Waals surface area (Å²) in [7, 11) is 0. The number of aldehydes is 1. The lowest BCUT2D eigenvalue weighted by Gasteiger charge is -2.10. The summed E-state index contributed by atoms with van der Waals surface area (Å²) in [5.41, 5.74) is -3.96. The molecule has 0 aliphatic carbocycles. The summed E-state index contributed by atoms with van der Waals surface area (Å²) in [6, 6.07) is 4.83. The van der Waals surface area contributed by atoms with E-state index in [-0.39, 0.29) is 29.9 Å². The van der Waals surface area contributed by atoms with Crippen LogP contribution in [-0.2, 0) is 0 Å². The van der Waals surface area contributed by atoms with Gasteiger partial charge in [0.15, 0.2) is 6.29 Å². The van der Waals surface area contributed by atoms with E-state index in [0.29, 0.717) is 16.3 Å². The van der Waals surface area contributed by atoms with Crippen LogP contribution in [0.2, 0.25) is 0 Å². The molecule has 0 N–H and O–H groups in total. The first kappa shape index (κ1) is 14.4. The van der Waals surface area contributed by atoms with Gasteiger partial charge in [-0.25, -0.2) is 0 Å². The average molecular weight is 329 g/mol.